The van der Waals surface area contributed by atoms with E-state index in [1.165, 1.54) is 0 Å². The van der Waals surface area contributed by atoms with Gasteiger partial charge in [0.25, 0.3) is 0 Å². The SMILES string of the molecule is C[C@@H](CCOc1ccccc1)C(=O)N1CC[C@H](C(=O)O)C1. The maximum Gasteiger partial charge on any atom is 0.308 e. The van der Waals surface area contributed by atoms with Gasteiger partial charge in [0.1, 0.15) is 5.75 Å². The monoisotopic (exact) mass is 291 g/mol. The summed E-state index contributed by atoms with van der Waals surface area (Å²) in [5.74, 6) is -0.562. The molecule has 0 aromatic heterocycles. The first kappa shape index (κ1) is 15.4. The summed E-state index contributed by atoms with van der Waals surface area (Å²) in [5, 5.41) is 8.96. The van der Waals surface area contributed by atoms with Gasteiger partial charge in [0.2, 0.25) is 5.91 Å². The number of para-hydroxylation sites is 1. The Morgan fingerprint density at radius 2 is 2.10 bits per heavy atom. The Hall–Kier alpha value is -2.04. The average Bonchev–Trinajstić information content (AvgIpc) is 2.97. The highest BCUT2D eigenvalue weighted by atomic mass is 16.5. The van der Waals surface area contributed by atoms with E-state index in [1.807, 2.05) is 37.3 Å². The van der Waals surface area contributed by atoms with Gasteiger partial charge in [-0.15, -0.1) is 0 Å². The molecule has 0 aliphatic carbocycles. The largest absolute Gasteiger partial charge is 0.494 e. The van der Waals surface area contributed by atoms with Crippen LogP contribution in [0.3, 0.4) is 0 Å². The van der Waals surface area contributed by atoms with Crippen LogP contribution in [-0.4, -0.2) is 41.6 Å². The zero-order valence-electron chi connectivity index (χ0n) is 12.2. The maximum absolute atomic E-state index is 12.2. The number of nitrogens with zero attached hydrogens (tertiary/aromatic N) is 1. The van der Waals surface area contributed by atoms with Crippen LogP contribution in [0.1, 0.15) is 19.8 Å². The Kier molecular flexibility index (Phi) is 5.20. The van der Waals surface area contributed by atoms with E-state index in [-0.39, 0.29) is 11.8 Å². The number of carbonyl (C=O) groups is 2. The van der Waals surface area contributed by atoms with E-state index in [0.29, 0.717) is 32.5 Å². The molecule has 21 heavy (non-hydrogen) atoms. The van der Waals surface area contributed by atoms with Crippen LogP contribution in [-0.2, 0) is 9.59 Å². The first-order valence-electron chi connectivity index (χ1n) is 7.27. The van der Waals surface area contributed by atoms with Crippen molar-refractivity contribution >= 4 is 11.9 Å². The highest BCUT2D eigenvalue weighted by molar-refractivity contribution is 5.80. The van der Waals surface area contributed by atoms with Crippen LogP contribution >= 0.6 is 0 Å². The fourth-order valence-corrected chi connectivity index (χ4v) is 2.47. The zero-order valence-corrected chi connectivity index (χ0v) is 12.2. The van der Waals surface area contributed by atoms with Crippen molar-refractivity contribution in [3.05, 3.63) is 30.3 Å². The number of ether oxygens (including phenoxy) is 1. The summed E-state index contributed by atoms with van der Waals surface area (Å²) in [4.78, 5) is 24.8. The van der Waals surface area contributed by atoms with Gasteiger partial charge in [-0.3, -0.25) is 9.59 Å². The lowest BCUT2D eigenvalue weighted by Gasteiger charge is -2.20. The summed E-state index contributed by atoms with van der Waals surface area (Å²) in [5.41, 5.74) is 0. The third-order valence-electron chi connectivity index (χ3n) is 3.83. The maximum atomic E-state index is 12.2. The Morgan fingerprint density at radius 1 is 1.38 bits per heavy atom. The molecule has 1 amide bonds. The number of carbonyl (C=O) groups excluding carboxylic acids is 1. The summed E-state index contributed by atoms with van der Waals surface area (Å²) in [6.45, 7) is 3.22. The molecule has 0 unspecified atom stereocenters. The number of hydrogen-bond acceptors (Lipinski definition) is 3. The highest BCUT2D eigenvalue weighted by Crippen LogP contribution is 2.20. The van der Waals surface area contributed by atoms with Crippen molar-refractivity contribution in [2.24, 2.45) is 11.8 Å². The second-order valence-corrected chi connectivity index (χ2v) is 5.46. The van der Waals surface area contributed by atoms with Crippen LogP contribution < -0.4 is 4.74 Å². The number of benzene rings is 1. The standard InChI is InChI=1S/C16H21NO4/c1-12(8-10-21-14-5-3-2-4-6-14)15(18)17-9-7-13(11-17)16(19)20/h2-6,12-13H,7-11H2,1H3,(H,19,20)/t12-,13-/m0/s1. The number of hydrogen-bond donors (Lipinski definition) is 1. The summed E-state index contributed by atoms with van der Waals surface area (Å²) in [7, 11) is 0. The smallest absolute Gasteiger partial charge is 0.308 e. The fraction of sp³-hybridized carbons (Fsp3) is 0.500. The van der Waals surface area contributed by atoms with E-state index in [0.717, 1.165) is 5.75 Å². The van der Waals surface area contributed by atoms with Crippen molar-refractivity contribution in [3.8, 4) is 5.75 Å². The van der Waals surface area contributed by atoms with Crippen LogP contribution in [0.5, 0.6) is 5.75 Å². The van der Waals surface area contributed by atoms with Crippen LogP contribution in [0.25, 0.3) is 0 Å². The first-order valence-corrected chi connectivity index (χ1v) is 7.27. The van der Waals surface area contributed by atoms with Gasteiger partial charge in [-0.25, -0.2) is 0 Å². The summed E-state index contributed by atoms with van der Waals surface area (Å²) in [6.07, 6.45) is 1.18. The predicted molar refractivity (Wildman–Crippen MR) is 78.0 cm³/mol. The van der Waals surface area contributed by atoms with Gasteiger partial charge in [0.05, 0.1) is 12.5 Å². The molecule has 1 saturated heterocycles. The number of carboxylic acids is 1. The van der Waals surface area contributed by atoms with E-state index in [4.69, 9.17) is 9.84 Å². The number of carboxylic acid groups (broad SMARTS) is 1. The molecule has 1 aromatic rings. The molecule has 1 heterocycles. The van der Waals surface area contributed by atoms with Crippen molar-refractivity contribution in [2.45, 2.75) is 19.8 Å². The molecule has 0 spiro atoms. The molecule has 1 aliphatic heterocycles. The van der Waals surface area contributed by atoms with Crippen molar-refractivity contribution in [1.29, 1.82) is 0 Å². The minimum absolute atomic E-state index is 0.0235. The van der Waals surface area contributed by atoms with Gasteiger partial charge < -0.3 is 14.7 Å². The topological polar surface area (TPSA) is 66.8 Å². The molecular formula is C16H21NO4. The van der Waals surface area contributed by atoms with Gasteiger partial charge >= 0.3 is 5.97 Å². The molecule has 0 saturated carbocycles. The number of aliphatic carboxylic acids is 1. The predicted octanol–water partition coefficient (Wildman–Crippen LogP) is 2.02. The third kappa shape index (κ3) is 4.21. The second-order valence-electron chi connectivity index (χ2n) is 5.46. The van der Waals surface area contributed by atoms with E-state index < -0.39 is 11.9 Å². The lowest BCUT2D eigenvalue weighted by Crippen LogP contribution is -2.34. The second kappa shape index (κ2) is 7.11. The van der Waals surface area contributed by atoms with E-state index >= 15 is 0 Å². The number of amides is 1. The minimum atomic E-state index is -0.814. The van der Waals surface area contributed by atoms with Crippen molar-refractivity contribution in [3.63, 3.8) is 0 Å². The molecule has 5 heteroatoms. The van der Waals surface area contributed by atoms with Crippen LogP contribution in [0.2, 0.25) is 0 Å². The zero-order chi connectivity index (χ0) is 15.2. The Morgan fingerprint density at radius 3 is 2.71 bits per heavy atom. The lowest BCUT2D eigenvalue weighted by molar-refractivity contribution is -0.141. The normalized spacial score (nSPS) is 19.3. The third-order valence-corrected chi connectivity index (χ3v) is 3.83. The molecule has 1 fully saturated rings. The molecule has 2 atom stereocenters. The summed E-state index contributed by atoms with van der Waals surface area (Å²) < 4.78 is 5.58. The lowest BCUT2D eigenvalue weighted by atomic mass is 10.1. The quantitative estimate of drug-likeness (QED) is 0.871. The van der Waals surface area contributed by atoms with Crippen LogP contribution in [0.15, 0.2) is 30.3 Å². The van der Waals surface area contributed by atoms with E-state index in [1.54, 1.807) is 4.90 Å². The van der Waals surface area contributed by atoms with E-state index in [2.05, 4.69) is 0 Å². The average molecular weight is 291 g/mol. The van der Waals surface area contributed by atoms with Gasteiger partial charge in [0, 0.05) is 19.0 Å². The summed E-state index contributed by atoms with van der Waals surface area (Å²) in [6, 6.07) is 9.49. The molecule has 1 aromatic carbocycles. The molecule has 0 radical (unpaired) electrons. The van der Waals surface area contributed by atoms with Gasteiger partial charge in [-0.1, -0.05) is 25.1 Å². The molecule has 1 aliphatic rings. The van der Waals surface area contributed by atoms with E-state index in [9.17, 15) is 9.59 Å². The molecule has 114 valence electrons. The van der Waals surface area contributed by atoms with Gasteiger partial charge in [-0.2, -0.15) is 0 Å². The summed E-state index contributed by atoms with van der Waals surface area (Å²) >= 11 is 0. The Balaban J connectivity index is 1.74. The molecule has 0 bridgehead atoms. The minimum Gasteiger partial charge on any atom is -0.494 e. The molecule has 2 rings (SSSR count). The van der Waals surface area contributed by atoms with Crippen molar-refractivity contribution in [2.75, 3.05) is 19.7 Å². The fourth-order valence-electron chi connectivity index (χ4n) is 2.47. The van der Waals surface area contributed by atoms with Gasteiger partial charge in [-0.05, 0) is 25.0 Å². The number of likely N-dealkylation sites (tertiary alicyclic amines) is 1. The highest BCUT2D eigenvalue weighted by Gasteiger charge is 2.32. The van der Waals surface area contributed by atoms with Crippen molar-refractivity contribution < 1.29 is 19.4 Å². The van der Waals surface area contributed by atoms with Crippen molar-refractivity contribution in [1.82, 2.24) is 4.90 Å². The van der Waals surface area contributed by atoms with Gasteiger partial charge in [0.15, 0.2) is 0 Å². The number of rotatable bonds is 6. The van der Waals surface area contributed by atoms with Crippen LogP contribution in [0, 0.1) is 11.8 Å². The first-order chi connectivity index (χ1) is 10.1. The van der Waals surface area contributed by atoms with Crippen LogP contribution in [0.4, 0.5) is 0 Å². The molecule has 5 nitrogen and oxygen atoms in total. The molecular weight excluding hydrogens is 270 g/mol. The Labute approximate surface area is 124 Å². The Bertz CT molecular complexity index is 488. The molecule has 1 N–H and O–H groups in total.